The maximum atomic E-state index is 12.2. The van der Waals surface area contributed by atoms with E-state index in [-0.39, 0.29) is 11.6 Å². The SMILES string of the molecule is C=C(C(=O)c1ccc(Br)cc1)N1CCC(=O)CC1. The maximum absolute atomic E-state index is 12.2. The number of ketones is 2. The molecule has 1 fully saturated rings. The second kappa shape index (κ2) is 5.48. The van der Waals surface area contributed by atoms with Crippen molar-refractivity contribution >= 4 is 27.5 Å². The molecule has 1 saturated heterocycles. The number of hydrogen-bond donors (Lipinski definition) is 0. The molecule has 0 unspecified atom stereocenters. The van der Waals surface area contributed by atoms with Crippen LogP contribution in [0, 0.1) is 0 Å². The molecule has 1 heterocycles. The smallest absolute Gasteiger partial charge is 0.208 e. The van der Waals surface area contributed by atoms with Crippen LogP contribution in [0.4, 0.5) is 0 Å². The molecule has 0 amide bonds. The van der Waals surface area contributed by atoms with Gasteiger partial charge in [0.05, 0.1) is 5.70 Å². The summed E-state index contributed by atoms with van der Waals surface area (Å²) >= 11 is 3.33. The molecule has 3 nitrogen and oxygen atoms in total. The van der Waals surface area contributed by atoms with E-state index in [1.807, 2.05) is 17.0 Å². The number of allylic oxidation sites excluding steroid dienone is 1. The Labute approximate surface area is 115 Å². The summed E-state index contributed by atoms with van der Waals surface area (Å²) in [5.74, 6) is 0.187. The fraction of sp³-hybridized carbons (Fsp3) is 0.286. The topological polar surface area (TPSA) is 37.4 Å². The van der Waals surface area contributed by atoms with Crippen LogP contribution in [0.3, 0.4) is 0 Å². The molecule has 0 saturated carbocycles. The summed E-state index contributed by atoms with van der Waals surface area (Å²) in [7, 11) is 0. The molecular formula is C14H14BrNO2. The van der Waals surface area contributed by atoms with Crippen molar-refractivity contribution in [2.45, 2.75) is 12.8 Å². The van der Waals surface area contributed by atoms with Gasteiger partial charge in [0.1, 0.15) is 5.78 Å². The van der Waals surface area contributed by atoms with E-state index in [1.54, 1.807) is 12.1 Å². The summed E-state index contributed by atoms with van der Waals surface area (Å²) in [6.07, 6.45) is 1.01. The molecule has 4 heteroatoms. The minimum absolute atomic E-state index is 0.0724. The van der Waals surface area contributed by atoms with Crippen LogP contribution >= 0.6 is 15.9 Å². The van der Waals surface area contributed by atoms with Gasteiger partial charge in [-0.05, 0) is 24.3 Å². The van der Waals surface area contributed by atoms with Crippen molar-refractivity contribution in [1.82, 2.24) is 4.90 Å². The molecule has 0 radical (unpaired) electrons. The van der Waals surface area contributed by atoms with Gasteiger partial charge in [0.15, 0.2) is 0 Å². The highest BCUT2D eigenvalue weighted by Crippen LogP contribution is 2.17. The highest BCUT2D eigenvalue weighted by Gasteiger charge is 2.21. The maximum Gasteiger partial charge on any atom is 0.208 e. The zero-order chi connectivity index (χ0) is 13.1. The first-order valence-electron chi connectivity index (χ1n) is 5.84. The largest absolute Gasteiger partial charge is 0.368 e. The number of nitrogens with zero attached hydrogens (tertiary/aromatic N) is 1. The van der Waals surface area contributed by atoms with E-state index in [2.05, 4.69) is 22.5 Å². The Hall–Kier alpha value is -1.42. The summed E-state index contributed by atoms with van der Waals surface area (Å²) in [5.41, 5.74) is 1.10. The third-order valence-electron chi connectivity index (χ3n) is 3.07. The van der Waals surface area contributed by atoms with Gasteiger partial charge in [-0.25, -0.2) is 0 Å². The lowest BCUT2D eigenvalue weighted by Gasteiger charge is -2.28. The van der Waals surface area contributed by atoms with Crippen LogP contribution in [0.2, 0.25) is 0 Å². The van der Waals surface area contributed by atoms with Gasteiger partial charge < -0.3 is 4.90 Å². The molecule has 18 heavy (non-hydrogen) atoms. The van der Waals surface area contributed by atoms with Gasteiger partial charge in [-0.2, -0.15) is 0 Å². The monoisotopic (exact) mass is 307 g/mol. The van der Waals surface area contributed by atoms with Crippen LogP contribution in [0.5, 0.6) is 0 Å². The molecule has 0 spiro atoms. The number of Topliss-reactive ketones (excluding diaryl/α,β-unsaturated/α-hetero) is 2. The van der Waals surface area contributed by atoms with E-state index >= 15 is 0 Å². The summed E-state index contributed by atoms with van der Waals surface area (Å²) in [6, 6.07) is 7.21. The molecule has 1 aliphatic heterocycles. The van der Waals surface area contributed by atoms with E-state index in [9.17, 15) is 9.59 Å². The van der Waals surface area contributed by atoms with Gasteiger partial charge >= 0.3 is 0 Å². The summed E-state index contributed by atoms with van der Waals surface area (Å²) in [5, 5.41) is 0. The predicted molar refractivity (Wildman–Crippen MR) is 73.4 cm³/mol. The average molecular weight is 308 g/mol. The van der Waals surface area contributed by atoms with Crippen LogP contribution in [0.1, 0.15) is 23.2 Å². The van der Waals surface area contributed by atoms with Crippen molar-refractivity contribution < 1.29 is 9.59 Å². The number of carbonyl (C=O) groups excluding carboxylic acids is 2. The van der Waals surface area contributed by atoms with Crippen molar-refractivity contribution in [3.05, 3.63) is 46.6 Å². The van der Waals surface area contributed by atoms with Crippen molar-refractivity contribution in [3.63, 3.8) is 0 Å². The van der Waals surface area contributed by atoms with E-state index in [4.69, 9.17) is 0 Å². The fourth-order valence-electron chi connectivity index (χ4n) is 1.94. The molecule has 0 N–H and O–H groups in total. The number of carbonyl (C=O) groups is 2. The first-order valence-corrected chi connectivity index (χ1v) is 6.63. The van der Waals surface area contributed by atoms with Crippen LogP contribution in [-0.4, -0.2) is 29.6 Å². The molecule has 0 atom stereocenters. The number of likely N-dealkylation sites (tertiary alicyclic amines) is 1. The second-order valence-corrected chi connectivity index (χ2v) is 5.22. The highest BCUT2D eigenvalue weighted by atomic mass is 79.9. The molecule has 94 valence electrons. The molecule has 0 aliphatic carbocycles. The third-order valence-corrected chi connectivity index (χ3v) is 3.60. The van der Waals surface area contributed by atoms with E-state index in [0.717, 1.165) is 4.47 Å². The Kier molecular flexibility index (Phi) is 3.97. The quantitative estimate of drug-likeness (QED) is 0.636. The van der Waals surface area contributed by atoms with Gasteiger partial charge in [-0.3, -0.25) is 9.59 Å². The first kappa shape index (κ1) is 13.0. The van der Waals surface area contributed by atoms with E-state index < -0.39 is 0 Å². The van der Waals surface area contributed by atoms with E-state index in [0.29, 0.717) is 37.2 Å². The zero-order valence-electron chi connectivity index (χ0n) is 9.99. The fourth-order valence-corrected chi connectivity index (χ4v) is 2.20. The lowest BCUT2D eigenvalue weighted by Crippen LogP contribution is -2.35. The van der Waals surface area contributed by atoms with Gasteiger partial charge in [0.2, 0.25) is 5.78 Å². The number of rotatable bonds is 3. The summed E-state index contributed by atoms with van der Waals surface area (Å²) < 4.78 is 0.938. The van der Waals surface area contributed by atoms with Crippen molar-refractivity contribution in [2.24, 2.45) is 0 Å². The van der Waals surface area contributed by atoms with Gasteiger partial charge in [0, 0.05) is 36.0 Å². The van der Waals surface area contributed by atoms with Crippen LogP contribution < -0.4 is 0 Å². The Morgan fingerprint density at radius 1 is 1.17 bits per heavy atom. The molecule has 1 aliphatic rings. The minimum Gasteiger partial charge on any atom is -0.368 e. The van der Waals surface area contributed by atoms with Crippen molar-refractivity contribution in [3.8, 4) is 0 Å². The molecule has 1 aromatic rings. The van der Waals surface area contributed by atoms with Gasteiger partial charge in [0.25, 0.3) is 0 Å². The molecular weight excluding hydrogens is 294 g/mol. The number of halogens is 1. The second-order valence-electron chi connectivity index (χ2n) is 4.31. The van der Waals surface area contributed by atoms with Crippen molar-refractivity contribution in [1.29, 1.82) is 0 Å². The number of benzene rings is 1. The zero-order valence-corrected chi connectivity index (χ0v) is 11.6. The summed E-state index contributed by atoms with van der Waals surface area (Å²) in [6.45, 7) is 5.05. The van der Waals surface area contributed by atoms with Gasteiger partial charge in [-0.1, -0.05) is 22.5 Å². The highest BCUT2D eigenvalue weighted by molar-refractivity contribution is 9.10. The summed E-state index contributed by atoms with van der Waals surface area (Å²) in [4.78, 5) is 25.3. The average Bonchev–Trinajstić information content (AvgIpc) is 2.39. The van der Waals surface area contributed by atoms with E-state index in [1.165, 1.54) is 0 Å². The van der Waals surface area contributed by atoms with Crippen LogP contribution in [0.25, 0.3) is 0 Å². The Balaban J connectivity index is 2.07. The Morgan fingerprint density at radius 2 is 1.72 bits per heavy atom. The first-order chi connectivity index (χ1) is 8.58. The number of piperidine rings is 1. The van der Waals surface area contributed by atoms with Crippen LogP contribution in [0.15, 0.2) is 41.0 Å². The molecule has 1 aromatic carbocycles. The minimum atomic E-state index is -0.0724. The lowest BCUT2D eigenvalue weighted by atomic mass is 10.0. The van der Waals surface area contributed by atoms with Crippen LogP contribution in [-0.2, 0) is 4.79 Å². The molecule has 0 aromatic heterocycles. The Bertz CT molecular complexity index is 483. The normalized spacial score (nSPS) is 15.6. The third kappa shape index (κ3) is 2.88. The lowest BCUT2D eigenvalue weighted by molar-refractivity contribution is -0.121. The Morgan fingerprint density at radius 3 is 2.28 bits per heavy atom. The van der Waals surface area contributed by atoms with Crippen molar-refractivity contribution in [2.75, 3.05) is 13.1 Å². The number of hydrogen-bond acceptors (Lipinski definition) is 3. The van der Waals surface area contributed by atoms with Gasteiger partial charge in [-0.15, -0.1) is 0 Å². The standard InChI is InChI=1S/C14H14BrNO2/c1-10(16-8-6-13(17)7-9-16)14(18)11-2-4-12(15)5-3-11/h2-5H,1,6-9H2. The predicted octanol–water partition coefficient (Wildman–Crippen LogP) is 2.81. The molecule has 2 rings (SSSR count). The molecule has 0 bridgehead atoms.